The minimum Gasteiger partial charge on any atom is -0.192 e. The molecular weight excluding hydrogens is 230 g/mol. The number of allylic oxidation sites excluding steroid dienone is 1. The van der Waals surface area contributed by atoms with Crippen LogP contribution in [0, 0.1) is 22.7 Å². The van der Waals surface area contributed by atoms with Crippen molar-refractivity contribution < 1.29 is 0 Å². The van der Waals surface area contributed by atoms with Gasteiger partial charge in [-0.1, -0.05) is 38.0 Å². The summed E-state index contributed by atoms with van der Waals surface area (Å²) < 4.78 is 0. The highest BCUT2D eigenvalue weighted by Crippen LogP contribution is 2.57. The topological polar surface area (TPSA) is 23.8 Å². The molecule has 0 aromatic heterocycles. The molecule has 0 amide bonds. The smallest absolute Gasteiger partial charge is 0.0991 e. The molecule has 1 nitrogen and oxygen atoms in total. The fraction of sp³-hybridized carbons (Fsp3) is 0.500. The van der Waals surface area contributed by atoms with Gasteiger partial charge in [-0.25, -0.2) is 0 Å². The summed E-state index contributed by atoms with van der Waals surface area (Å²) >= 11 is 0. The Morgan fingerprint density at radius 2 is 1.74 bits per heavy atom. The summed E-state index contributed by atoms with van der Waals surface area (Å²) in [4.78, 5) is 0. The maximum absolute atomic E-state index is 8.83. The largest absolute Gasteiger partial charge is 0.192 e. The van der Waals surface area contributed by atoms with E-state index in [0.717, 1.165) is 5.56 Å². The van der Waals surface area contributed by atoms with Crippen molar-refractivity contribution in [3.8, 4) is 6.07 Å². The van der Waals surface area contributed by atoms with E-state index in [9.17, 15) is 0 Å². The summed E-state index contributed by atoms with van der Waals surface area (Å²) in [6, 6.07) is 10.1. The maximum atomic E-state index is 8.83. The molecule has 1 heteroatoms. The van der Waals surface area contributed by atoms with Crippen molar-refractivity contribution in [2.24, 2.45) is 11.3 Å². The number of hydrogen-bond acceptors (Lipinski definition) is 1. The average molecular weight is 251 g/mol. The number of benzene rings is 1. The monoisotopic (exact) mass is 251 g/mol. The molecule has 0 bridgehead atoms. The average Bonchev–Trinajstić information content (AvgIpc) is 2.45. The van der Waals surface area contributed by atoms with Crippen molar-refractivity contribution in [2.75, 3.05) is 0 Å². The number of hydrogen-bond donors (Lipinski definition) is 0. The summed E-state index contributed by atoms with van der Waals surface area (Å²) in [6.45, 7) is 4.30. The second-order valence-electron chi connectivity index (χ2n) is 6.38. The van der Waals surface area contributed by atoms with E-state index in [0.29, 0.717) is 11.3 Å². The Morgan fingerprint density at radius 1 is 1.11 bits per heavy atom. The van der Waals surface area contributed by atoms with Crippen LogP contribution in [0.4, 0.5) is 0 Å². The quantitative estimate of drug-likeness (QED) is 0.731. The third kappa shape index (κ3) is 2.32. The Morgan fingerprint density at radius 3 is 2.32 bits per heavy atom. The summed E-state index contributed by atoms with van der Waals surface area (Å²) in [6.07, 6.45) is 9.83. The summed E-state index contributed by atoms with van der Waals surface area (Å²) in [7, 11) is 0. The van der Waals surface area contributed by atoms with E-state index < -0.39 is 0 Å². The van der Waals surface area contributed by atoms with Crippen LogP contribution in [-0.2, 0) is 0 Å². The van der Waals surface area contributed by atoms with E-state index in [1.807, 2.05) is 24.3 Å². The van der Waals surface area contributed by atoms with E-state index in [2.05, 4.69) is 12.6 Å². The maximum Gasteiger partial charge on any atom is 0.0991 e. The van der Waals surface area contributed by atoms with Gasteiger partial charge in [0.2, 0.25) is 0 Å². The van der Waals surface area contributed by atoms with Crippen LogP contribution in [0.5, 0.6) is 0 Å². The number of nitrogens with zero attached hydrogens (tertiary/aromatic N) is 1. The standard InChI is InChI=1S/C18H21N/c1-14(16-7-5-15(13-19)6-8-16)17-11-18(12-17)9-3-2-4-10-18/h5-8,17H,1-4,9-12H2. The third-order valence-corrected chi connectivity index (χ3v) is 5.15. The van der Waals surface area contributed by atoms with Crippen molar-refractivity contribution in [3.05, 3.63) is 42.0 Å². The van der Waals surface area contributed by atoms with Crippen molar-refractivity contribution in [3.63, 3.8) is 0 Å². The van der Waals surface area contributed by atoms with Gasteiger partial charge in [-0.2, -0.15) is 5.26 Å². The SMILES string of the molecule is C=C(c1ccc(C#N)cc1)C1CC2(CCCCC2)C1. The first-order valence-corrected chi connectivity index (χ1v) is 7.42. The van der Waals surface area contributed by atoms with Crippen LogP contribution in [0.25, 0.3) is 5.57 Å². The van der Waals surface area contributed by atoms with E-state index in [4.69, 9.17) is 5.26 Å². The lowest BCUT2D eigenvalue weighted by Crippen LogP contribution is -2.39. The highest BCUT2D eigenvalue weighted by molar-refractivity contribution is 5.66. The molecule has 1 aromatic carbocycles. The summed E-state index contributed by atoms with van der Waals surface area (Å²) in [5, 5.41) is 8.83. The van der Waals surface area contributed by atoms with Crippen molar-refractivity contribution in [1.82, 2.24) is 0 Å². The predicted octanol–water partition coefficient (Wildman–Crippen LogP) is 4.93. The van der Waals surface area contributed by atoms with E-state index >= 15 is 0 Å². The Hall–Kier alpha value is -1.55. The van der Waals surface area contributed by atoms with Crippen molar-refractivity contribution in [2.45, 2.75) is 44.9 Å². The van der Waals surface area contributed by atoms with Gasteiger partial charge in [-0.05, 0) is 60.3 Å². The molecule has 0 heterocycles. The van der Waals surface area contributed by atoms with Gasteiger partial charge in [0, 0.05) is 0 Å². The van der Waals surface area contributed by atoms with Crippen molar-refractivity contribution >= 4 is 5.57 Å². The molecule has 0 aliphatic heterocycles. The van der Waals surface area contributed by atoms with Gasteiger partial charge in [0.15, 0.2) is 0 Å². The molecule has 1 spiro atoms. The molecule has 2 saturated carbocycles. The van der Waals surface area contributed by atoms with Crippen LogP contribution >= 0.6 is 0 Å². The lowest BCUT2D eigenvalue weighted by Gasteiger charge is -2.51. The first-order chi connectivity index (χ1) is 9.22. The van der Waals surface area contributed by atoms with E-state index in [1.54, 1.807) is 0 Å². The molecule has 19 heavy (non-hydrogen) atoms. The molecular formula is C18H21N. The fourth-order valence-corrected chi connectivity index (χ4v) is 3.94. The Kier molecular flexibility index (Phi) is 3.19. The van der Waals surface area contributed by atoms with Crippen LogP contribution in [0.15, 0.2) is 30.8 Å². The molecule has 0 saturated heterocycles. The third-order valence-electron chi connectivity index (χ3n) is 5.15. The zero-order valence-electron chi connectivity index (χ0n) is 11.5. The van der Waals surface area contributed by atoms with Crippen LogP contribution in [0.2, 0.25) is 0 Å². The van der Waals surface area contributed by atoms with Crippen LogP contribution in [-0.4, -0.2) is 0 Å². The van der Waals surface area contributed by atoms with E-state index in [1.165, 1.54) is 56.1 Å². The minimum absolute atomic E-state index is 0.665. The molecule has 2 aliphatic carbocycles. The normalized spacial score (nSPS) is 21.6. The molecule has 0 atom stereocenters. The Bertz CT molecular complexity index is 504. The van der Waals surface area contributed by atoms with Gasteiger partial charge < -0.3 is 0 Å². The van der Waals surface area contributed by atoms with Gasteiger partial charge in [0.25, 0.3) is 0 Å². The Balaban J connectivity index is 1.64. The first kappa shape index (κ1) is 12.5. The second-order valence-corrected chi connectivity index (χ2v) is 6.38. The molecule has 3 rings (SSSR count). The van der Waals surface area contributed by atoms with Gasteiger partial charge >= 0.3 is 0 Å². The minimum atomic E-state index is 0.665. The summed E-state index contributed by atoms with van der Waals surface area (Å²) in [5.74, 6) is 0.672. The molecule has 0 radical (unpaired) electrons. The fourth-order valence-electron chi connectivity index (χ4n) is 3.94. The van der Waals surface area contributed by atoms with E-state index in [-0.39, 0.29) is 0 Å². The molecule has 0 N–H and O–H groups in total. The highest BCUT2D eigenvalue weighted by Gasteiger charge is 2.45. The zero-order chi connectivity index (χ0) is 13.3. The van der Waals surface area contributed by atoms with Gasteiger partial charge in [-0.15, -0.1) is 0 Å². The molecule has 2 aliphatic rings. The summed E-state index contributed by atoms with van der Waals surface area (Å²) in [5.41, 5.74) is 3.89. The van der Waals surface area contributed by atoms with Crippen LogP contribution in [0.3, 0.4) is 0 Å². The first-order valence-electron chi connectivity index (χ1n) is 7.42. The second kappa shape index (κ2) is 4.85. The molecule has 98 valence electrons. The lowest BCUT2D eigenvalue weighted by atomic mass is 9.54. The predicted molar refractivity (Wildman–Crippen MR) is 78.4 cm³/mol. The molecule has 0 unspecified atom stereocenters. The van der Waals surface area contributed by atoms with Crippen LogP contribution in [0.1, 0.15) is 56.1 Å². The Labute approximate surface area is 116 Å². The molecule has 1 aromatic rings. The van der Waals surface area contributed by atoms with Crippen LogP contribution < -0.4 is 0 Å². The number of rotatable bonds is 2. The van der Waals surface area contributed by atoms with Gasteiger partial charge in [-0.3, -0.25) is 0 Å². The molecule has 2 fully saturated rings. The zero-order valence-corrected chi connectivity index (χ0v) is 11.5. The highest BCUT2D eigenvalue weighted by atomic mass is 14.5. The number of nitriles is 1. The lowest BCUT2D eigenvalue weighted by molar-refractivity contribution is 0.0427. The van der Waals surface area contributed by atoms with Gasteiger partial charge in [0.1, 0.15) is 0 Å². The van der Waals surface area contributed by atoms with Gasteiger partial charge in [0.05, 0.1) is 11.6 Å². The van der Waals surface area contributed by atoms with Crippen molar-refractivity contribution in [1.29, 1.82) is 5.26 Å².